The maximum atomic E-state index is 12.7. The lowest BCUT2D eigenvalue weighted by atomic mass is 9.58. The van der Waals surface area contributed by atoms with Crippen LogP contribution < -0.4 is 4.90 Å². The third-order valence-electron chi connectivity index (χ3n) is 9.35. The molecule has 7 heteroatoms. The number of para-hydroxylation sites is 1. The van der Waals surface area contributed by atoms with E-state index in [9.17, 15) is 14.7 Å². The van der Waals surface area contributed by atoms with Crippen LogP contribution in [0.4, 0.5) is 5.69 Å². The highest BCUT2D eigenvalue weighted by molar-refractivity contribution is 5.72. The number of piperidine rings is 4. The molecule has 1 saturated carbocycles. The van der Waals surface area contributed by atoms with Crippen LogP contribution in [0.5, 0.6) is 0 Å². The van der Waals surface area contributed by atoms with Gasteiger partial charge in [0.15, 0.2) is 5.72 Å². The molecule has 8 atom stereocenters. The van der Waals surface area contributed by atoms with Crippen molar-refractivity contribution in [2.45, 2.75) is 62.9 Å². The molecule has 32 heavy (non-hydrogen) atoms. The van der Waals surface area contributed by atoms with Gasteiger partial charge in [0.1, 0.15) is 12.7 Å². The van der Waals surface area contributed by atoms with E-state index in [-0.39, 0.29) is 36.5 Å². The first-order chi connectivity index (χ1) is 15.2. The first-order valence-electron chi connectivity index (χ1n) is 11.5. The number of carbonyl (C=O) groups excluding carboxylic acids is 2. The molecule has 7 rings (SSSR count). The Balaban J connectivity index is 1.67. The van der Waals surface area contributed by atoms with Crippen molar-refractivity contribution in [3.05, 3.63) is 41.5 Å². The number of anilines is 1. The van der Waals surface area contributed by atoms with E-state index in [2.05, 4.69) is 17.0 Å². The zero-order valence-electron chi connectivity index (χ0n) is 19.0. The third kappa shape index (κ3) is 1.93. The summed E-state index contributed by atoms with van der Waals surface area (Å²) < 4.78 is 12.0. The molecule has 170 valence electrons. The minimum atomic E-state index is -1.22. The summed E-state index contributed by atoms with van der Waals surface area (Å²) in [4.78, 5) is 28.9. The lowest BCUT2D eigenvalue weighted by molar-refractivity contribution is -0.181. The molecule has 0 radical (unpaired) electrons. The number of likely N-dealkylation sites (N-methyl/N-ethyl adjacent to an activating group) is 1. The average Bonchev–Trinajstić information content (AvgIpc) is 3.14. The first kappa shape index (κ1) is 20.2. The molecule has 1 aromatic carbocycles. The van der Waals surface area contributed by atoms with Crippen molar-refractivity contribution >= 4 is 17.6 Å². The fraction of sp³-hybridized carbons (Fsp3) is 0.600. The molecule has 0 aromatic heterocycles. The SMILES string of the molecule is C/C=C1/CN2C3CC45c6ccccc6N(C)[C@]4(O)[C@@H]2C[C@@H]1[C@]3(COC(C)=O)[C@H]5OC(C)=O. The predicted octanol–water partition coefficient (Wildman–Crippen LogP) is 1.98. The minimum Gasteiger partial charge on any atom is -0.465 e. The van der Waals surface area contributed by atoms with Crippen LogP contribution in [-0.2, 0) is 24.5 Å². The van der Waals surface area contributed by atoms with Gasteiger partial charge in [0.05, 0.1) is 16.9 Å². The monoisotopic (exact) mass is 438 g/mol. The summed E-state index contributed by atoms with van der Waals surface area (Å²) >= 11 is 0. The molecular formula is C25H30N2O5. The fourth-order valence-electron chi connectivity index (χ4n) is 8.41. The number of rotatable bonds is 3. The van der Waals surface area contributed by atoms with Gasteiger partial charge in [-0.05, 0) is 37.3 Å². The third-order valence-corrected chi connectivity index (χ3v) is 9.35. The summed E-state index contributed by atoms with van der Waals surface area (Å²) in [6.45, 7) is 5.87. The first-order valence-corrected chi connectivity index (χ1v) is 11.5. The molecule has 6 aliphatic rings. The van der Waals surface area contributed by atoms with Gasteiger partial charge < -0.3 is 19.5 Å². The summed E-state index contributed by atoms with van der Waals surface area (Å²) in [5.41, 5.74) is 0.675. The number of ether oxygens (including phenoxy) is 2. The van der Waals surface area contributed by atoms with E-state index in [0.717, 1.165) is 24.2 Å². The summed E-state index contributed by atoms with van der Waals surface area (Å²) in [5.74, 6) is -0.634. The van der Waals surface area contributed by atoms with Crippen molar-refractivity contribution in [2.75, 3.05) is 25.1 Å². The standard InChI is InChI=1S/C25H30N2O5/c1-5-16-12-27-20-10-18(16)23(13-31-14(2)28)21(27)11-24(22(23)32-15(3)29)17-8-6-7-9-19(17)26(4)25(20,24)30/h5-9,18,20-22,30H,10-13H2,1-4H3/b16-5-/t18-,20-,21?,22+,23-,24?,25-/m0/s1. The Morgan fingerprint density at radius 3 is 2.66 bits per heavy atom. The zero-order valence-corrected chi connectivity index (χ0v) is 19.0. The molecule has 7 nitrogen and oxygen atoms in total. The Labute approximate surface area is 188 Å². The van der Waals surface area contributed by atoms with Crippen LogP contribution in [0.15, 0.2) is 35.9 Å². The van der Waals surface area contributed by atoms with E-state index in [1.807, 2.05) is 37.1 Å². The second-order valence-corrected chi connectivity index (χ2v) is 10.2. The van der Waals surface area contributed by atoms with Crippen LogP contribution in [0.25, 0.3) is 0 Å². The molecule has 1 aromatic rings. The van der Waals surface area contributed by atoms with Gasteiger partial charge in [-0.2, -0.15) is 0 Å². The quantitative estimate of drug-likeness (QED) is 0.571. The van der Waals surface area contributed by atoms with Crippen molar-refractivity contribution in [1.82, 2.24) is 4.90 Å². The highest BCUT2D eigenvalue weighted by Gasteiger charge is 2.86. The summed E-state index contributed by atoms with van der Waals surface area (Å²) in [6, 6.07) is 8.04. The summed E-state index contributed by atoms with van der Waals surface area (Å²) in [5, 5.41) is 12.7. The van der Waals surface area contributed by atoms with Crippen LogP contribution in [0.3, 0.4) is 0 Å². The van der Waals surface area contributed by atoms with Crippen LogP contribution in [0, 0.1) is 11.3 Å². The lowest BCUT2D eigenvalue weighted by Gasteiger charge is -2.64. The minimum absolute atomic E-state index is 0.0541. The normalized spacial score (nSPS) is 45.7. The molecule has 5 heterocycles. The Morgan fingerprint density at radius 1 is 1.22 bits per heavy atom. The average molecular weight is 439 g/mol. The van der Waals surface area contributed by atoms with Crippen LogP contribution >= 0.6 is 0 Å². The highest BCUT2D eigenvalue weighted by atomic mass is 16.6. The molecule has 5 fully saturated rings. The van der Waals surface area contributed by atoms with Gasteiger partial charge in [0.2, 0.25) is 0 Å². The van der Waals surface area contributed by atoms with Gasteiger partial charge >= 0.3 is 11.9 Å². The number of aliphatic hydroxyl groups is 1. The molecule has 0 amide bonds. The van der Waals surface area contributed by atoms with E-state index >= 15 is 0 Å². The number of fused-ring (bicyclic) bond motifs is 2. The van der Waals surface area contributed by atoms with Gasteiger partial charge in [0.25, 0.3) is 0 Å². The van der Waals surface area contributed by atoms with Gasteiger partial charge in [-0.1, -0.05) is 29.8 Å². The number of nitrogens with zero attached hydrogens (tertiary/aromatic N) is 2. The van der Waals surface area contributed by atoms with Crippen molar-refractivity contribution in [2.24, 2.45) is 11.3 Å². The van der Waals surface area contributed by atoms with E-state index in [1.54, 1.807) is 0 Å². The van der Waals surface area contributed by atoms with E-state index < -0.39 is 22.7 Å². The van der Waals surface area contributed by atoms with Crippen molar-refractivity contribution in [3.63, 3.8) is 0 Å². The molecule has 3 unspecified atom stereocenters. The van der Waals surface area contributed by atoms with Crippen molar-refractivity contribution in [1.29, 1.82) is 0 Å². The molecule has 1 aliphatic carbocycles. The van der Waals surface area contributed by atoms with Crippen molar-refractivity contribution in [3.8, 4) is 0 Å². The second kappa shape index (κ2) is 6.14. The van der Waals surface area contributed by atoms with Gasteiger partial charge in [-0.3, -0.25) is 14.5 Å². The molecule has 1 spiro atoms. The van der Waals surface area contributed by atoms with Crippen molar-refractivity contribution < 1.29 is 24.2 Å². The number of benzene rings is 1. The van der Waals surface area contributed by atoms with E-state index in [1.165, 1.54) is 19.4 Å². The largest absolute Gasteiger partial charge is 0.465 e. The number of hydrogen-bond donors (Lipinski definition) is 1. The fourth-order valence-corrected chi connectivity index (χ4v) is 8.41. The number of hydrogen-bond acceptors (Lipinski definition) is 7. The van der Waals surface area contributed by atoms with Crippen LogP contribution in [-0.4, -0.2) is 66.1 Å². The summed E-state index contributed by atoms with van der Waals surface area (Å²) in [7, 11) is 1.95. The number of allylic oxidation sites excluding steroid dienone is 1. The number of carbonyl (C=O) groups is 2. The Morgan fingerprint density at radius 2 is 1.97 bits per heavy atom. The smallest absolute Gasteiger partial charge is 0.302 e. The molecule has 5 bridgehead atoms. The van der Waals surface area contributed by atoms with E-state index in [0.29, 0.717) is 6.42 Å². The topological polar surface area (TPSA) is 79.3 Å². The highest BCUT2D eigenvalue weighted by Crippen LogP contribution is 2.75. The van der Waals surface area contributed by atoms with Crippen LogP contribution in [0.2, 0.25) is 0 Å². The number of esters is 2. The van der Waals surface area contributed by atoms with Gasteiger partial charge in [-0.25, -0.2) is 0 Å². The molecule has 1 N–H and O–H groups in total. The Bertz CT molecular complexity index is 1070. The molecular weight excluding hydrogens is 408 g/mol. The van der Waals surface area contributed by atoms with Gasteiger partial charge in [0, 0.05) is 39.2 Å². The molecule has 4 saturated heterocycles. The van der Waals surface area contributed by atoms with Gasteiger partial charge in [-0.15, -0.1) is 0 Å². The second-order valence-electron chi connectivity index (χ2n) is 10.2. The zero-order chi connectivity index (χ0) is 22.6. The van der Waals surface area contributed by atoms with E-state index in [4.69, 9.17) is 9.47 Å². The Hall–Kier alpha value is -2.38. The lowest BCUT2D eigenvalue weighted by Crippen LogP contribution is -2.76. The molecule has 5 aliphatic heterocycles. The maximum absolute atomic E-state index is 12.7. The summed E-state index contributed by atoms with van der Waals surface area (Å²) in [6.07, 6.45) is 2.95. The maximum Gasteiger partial charge on any atom is 0.302 e. The predicted molar refractivity (Wildman–Crippen MR) is 117 cm³/mol. The Kier molecular flexibility index (Phi) is 3.89. The van der Waals surface area contributed by atoms with Crippen LogP contribution in [0.1, 0.15) is 39.2 Å².